The van der Waals surface area contributed by atoms with Crippen LogP contribution in [0, 0.1) is 47.3 Å². The normalized spacial score (nSPS) is 12.7. The number of unbranched alkanes of at least 4 members (excludes halogenated alkanes) is 8. The maximum atomic E-state index is 10.3. The largest absolute Gasteiger partial charge is 4.00 e. The smallest absolute Gasteiger partial charge is 0.550 e. The Hall–Kier alpha value is -2.64. The van der Waals surface area contributed by atoms with Gasteiger partial charge in [-0.1, -0.05) is 214 Å². The van der Waals surface area contributed by atoms with Gasteiger partial charge in [-0.3, -0.25) is 0 Å². The van der Waals surface area contributed by atoms with Crippen LogP contribution < -0.4 is 40.9 Å². The van der Waals surface area contributed by atoms with E-state index in [1.54, 1.807) is 0 Å². The Morgan fingerprint density at radius 2 is 0.280 bits per heavy atom. The van der Waals surface area contributed by atoms with Crippen LogP contribution in [0.5, 0.6) is 0 Å². The van der Waals surface area contributed by atoms with Crippen LogP contribution in [-0.2, 0) is 86.3 Å². The van der Waals surface area contributed by atoms with E-state index in [4.69, 9.17) is 0 Å². The van der Waals surface area contributed by atoms with Gasteiger partial charge in [-0.05, 0) is 150 Å². The summed E-state index contributed by atoms with van der Waals surface area (Å²) in [6.07, 6.45) is 28.2. The van der Waals surface area contributed by atoms with Gasteiger partial charge < -0.3 is 79.2 Å². The monoisotopic (exact) mass is 1280 g/mol. The summed E-state index contributed by atoms with van der Waals surface area (Å²) in [6, 6.07) is 0. The molecule has 0 spiro atoms. The van der Waals surface area contributed by atoms with Gasteiger partial charge in [-0.15, -0.1) is 0 Å². The Balaban J connectivity index is -0.0000000900. The average molecular weight is 1280 g/mol. The Kier molecular flexibility index (Phi) is 96.8. The number of carboxylic acid groups (broad SMARTS) is 8. The van der Waals surface area contributed by atoms with Gasteiger partial charge in [0.25, 0.3) is 0 Å². The Morgan fingerprint density at radius 3 is 0.317 bits per heavy atom. The summed E-state index contributed by atoms with van der Waals surface area (Å²) in [4.78, 5) is 82.6. The van der Waals surface area contributed by atoms with E-state index in [2.05, 4.69) is 55.4 Å². The first-order valence-electron chi connectivity index (χ1n) is 31.4. The number of carboxylic acids is 8. The molecule has 0 aliphatic rings. The Bertz CT molecular complexity index is 1120. The van der Waals surface area contributed by atoms with Crippen molar-refractivity contribution in [1.82, 2.24) is 0 Å². The summed E-state index contributed by atoms with van der Waals surface area (Å²) in [6.45, 7) is 31.5. The molecule has 480 valence electrons. The fraction of sp³-hybridized carbons (Fsp3) is 0.875. The molecular formula is C64H120O16TiZr. The zero-order chi connectivity index (χ0) is 63.9. The van der Waals surface area contributed by atoms with Crippen LogP contribution in [0.2, 0.25) is 0 Å². The van der Waals surface area contributed by atoms with Crippen LogP contribution in [0.25, 0.3) is 0 Å². The number of carbonyl (C=O) groups excluding carboxylic acids is 8. The van der Waals surface area contributed by atoms with Crippen molar-refractivity contribution in [3.8, 4) is 0 Å². The zero-order valence-corrected chi connectivity index (χ0v) is 58.8. The van der Waals surface area contributed by atoms with Crippen LogP contribution in [0.15, 0.2) is 0 Å². The van der Waals surface area contributed by atoms with Gasteiger partial charge >= 0.3 is 47.9 Å². The number of hydrogen-bond donors (Lipinski definition) is 0. The summed E-state index contributed by atoms with van der Waals surface area (Å²) < 4.78 is 0. The van der Waals surface area contributed by atoms with E-state index in [9.17, 15) is 79.2 Å². The third kappa shape index (κ3) is 75.4. The van der Waals surface area contributed by atoms with Gasteiger partial charge in [0.2, 0.25) is 0 Å². The summed E-state index contributed by atoms with van der Waals surface area (Å²) in [7, 11) is 0. The second kappa shape index (κ2) is 78.4. The van der Waals surface area contributed by atoms with E-state index in [0.717, 1.165) is 154 Å². The number of aliphatic carboxylic acids is 8. The SMILES string of the molecule is CCCCC(CC)C(=O)[O-].CCCCC(CC)C(=O)[O-].CCCCC(CC)C(=O)[O-].CCCCC(CC)C(=O)[O-].CCCCC(CC)C(=O)[O-].CCCCC(CC)C(=O)[O-].CCCCC(CC)C(=O)[O-].CCCCC(CC)C(=O)[O-].[Ti+4].[Zr+4]. The van der Waals surface area contributed by atoms with Crippen molar-refractivity contribution in [2.75, 3.05) is 0 Å². The molecule has 16 nitrogen and oxygen atoms in total. The molecule has 0 aromatic carbocycles. The van der Waals surface area contributed by atoms with Crippen LogP contribution in [0.4, 0.5) is 0 Å². The van der Waals surface area contributed by atoms with Crippen LogP contribution >= 0.6 is 0 Å². The minimum atomic E-state index is -0.893. The fourth-order valence-electron chi connectivity index (χ4n) is 7.51. The first-order chi connectivity index (χ1) is 37.7. The van der Waals surface area contributed by atoms with Crippen LogP contribution in [0.1, 0.15) is 316 Å². The number of hydrogen-bond acceptors (Lipinski definition) is 16. The number of carbonyl (C=O) groups is 8. The van der Waals surface area contributed by atoms with Gasteiger partial charge in [0.1, 0.15) is 0 Å². The number of rotatable bonds is 40. The molecule has 0 radical (unpaired) electrons. The molecule has 0 aliphatic carbocycles. The van der Waals surface area contributed by atoms with Crippen molar-refractivity contribution in [3.63, 3.8) is 0 Å². The fourth-order valence-corrected chi connectivity index (χ4v) is 7.51. The molecule has 0 bridgehead atoms. The van der Waals surface area contributed by atoms with Crippen LogP contribution in [-0.4, -0.2) is 47.8 Å². The van der Waals surface area contributed by atoms with Gasteiger partial charge in [-0.25, -0.2) is 0 Å². The predicted octanol–water partition coefficient (Wildman–Crippen LogP) is 7.62. The molecule has 0 N–H and O–H groups in total. The summed E-state index contributed by atoms with van der Waals surface area (Å²) >= 11 is 0. The Labute approximate surface area is 535 Å². The topological polar surface area (TPSA) is 321 Å². The van der Waals surface area contributed by atoms with Crippen molar-refractivity contribution >= 4 is 47.8 Å². The summed E-state index contributed by atoms with van der Waals surface area (Å²) in [5.74, 6) is -8.92. The first-order valence-corrected chi connectivity index (χ1v) is 31.4. The molecule has 0 heterocycles. The van der Waals surface area contributed by atoms with E-state index in [-0.39, 0.29) is 95.3 Å². The second-order valence-electron chi connectivity index (χ2n) is 20.5. The van der Waals surface area contributed by atoms with Crippen molar-refractivity contribution in [1.29, 1.82) is 0 Å². The van der Waals surface area contributed by atoms with Gasteiger partial charge in [-0.2, -0.15) is 0 Å². The second-order valence-corrected chi connectivity index (χ2v) is 20.5. The van der Waals surface area contributed by atoms with Crippen molar-refractivity contribution in [3.05, 3.63) is 0 Å². The predicted molar refractivity (Wildman–Crippen MR) is 307 cm³/mol. The van der Waals surface area contributed by atoms with Crippen molar-refractivity contribution in [2.24, 2.45) is 47.3 Å². The minimum absolute atomic E-state index is 0. The molecule has 18 heteroatoms. The molecule has 82 heavy (non-hydrogen) atoms. The van der Waals surface area contributed by atoms with Crippen LogP contribution in [0.3, 0.4) is 0 Å². The molecule has 0 amide bonds. The first kappa shape index (κ1) is 101. The van der Waals surface area contributed by atoms with E-state index in [0.29, 0.717) is 51.4 Å². The molecule has 8 unspecified atom stereocenters. The molecule has 0 aromatic heterocycles. The standard InChI is InChI=1S/8C8H16O2.Ti.Zr/c8*1-3-5-6-7(4-2)8(9)10;;/h8*7H,3-6H2,1-2H3,(H,9,10);;/q;;;;;;;;2*+4/p-8. The molecule has 0 saturated heterocycles. The van der Waals surface area contributed by atoms with E-state index in [1.807, 2.05) is 55.4 Å². The minimum Gasteiger partial charge on any atom is -0.550 e. The molecule has 0 rings (SSSR count). The van der Waals surface area contributed by atoms with E-state index >= 15 is 0 Å². The van der Waals surface area contributed by atoms with E-state index in [1.165, 1.54) is 0 Å². The zero-order valence-electron chi connectivity index (χ0n) is 54.8. The molecule has 0 saturated carbocycles. The summed E-state index contributed by atoms with van der Waals surface area (Å²) in [5, 5.41) is 82.6. The quantitative estimate of drug-likeness (QED) is 0.0533. The summed E-state index contributed by atoms with van der Waals surface area (Å²) in [5.41, 5.74) is 0. The van der Waals surface area contributed by atoms with Gasteiger partial charge in [0, 0.05) is 47.8 Å². The molecule has 0 aliphatic heterocycles. The van der Waals surface area contributed by atoms with Gasteiger partial charge in [0.15, 0.2) is 0 Å². The Morgan fingerprint density at radius 1 is 0.207 bits per heavy atom. The molecule has 0 aromatic rings. The van der Waals surface area contributed by atoms with Crippen molar-refractivity contribution in [2.45, 2.75) is 316 Å². The van der Waals surface area contributed by atoms with Gasteiger partial charge in [0.05, 0.1) is 0 Å². The maximum absolute atomic E-state index is 10.3. The molecule has 8 atom stereocenters. The maximum Gasteiger partial charge on any atom is 4.00 e. The average Bonchev–Trinajstić information content (AvgIpc) is 3.41. The van der Waals surface area contributed by atoms with E-state index < -0.39 is 47.8 Å². The molecular weight excluding hydrogens is 1160 g/mol. The van der Waals surface area contributed by atoms with Crippen molar-refractivity contribution < 1.29 is 127 Å². The third-order valence-electron chi connectivity index (χ3n) is 13.9. The molecule has 0 fully saturated rings. The third-order valence-corrected chi connectivity index (χ3v) is 13.9.